The molecule has 0 unspecified atom stereocenters. The molecular weight excluding hydrogens is 282 g/mol. The largest absolute Gasteiger partial charge is 0.384 e. The van der Waals surface area contributed by atoms with Crippen LogP contribution in [0.2, 0.25) is 0 Å². The van der Waals surface area contributed by atoms with E-state index in [2.05, 4.69) is 33.4 Å². The van der Waals surface area contributed by atoms with Crippen LogP contribution in [0.25, 0.3) is 0 Å². The van der Waals surface area contributed by atoms with Crippen molar-refractivity contribution in [3.8, 4) is 0 Å². The molecule has 19 heavy (non-hydrogen) atoms. The van der Waals surface area contributed by atoms with Crippen molar-refractivity contribution in [1.29, 1.82) is 0 Å². The van der Waals surface area contributed by atoms with Crippen molar-refractivity contribution in [2.75, 3.05) is 13.7 Å². The quantitative estimate of drug-likeness (QED) is 0.814. The summed E-state index contributed by atoms with van der Waals surface area (Å²) < 4.78 is 12.2. The fourth-order valence-corrected chi connectivity index (χ4v) is 3.14. The van der Waals surface area contributed by atoms with E-state index in [1.165, 1.54) is 23.3 Å². The van der Waals surface area contributed by atoms with Gasteiger partial charge in [-0.2, -0.15) is 4.37 Å². The maximum Gasteiger partial charge on any atom is 0.198 e. The average Bonchev–Trinajstić information content (AvgIpc) is 2.95. The minimum absolute atomic E-state index is 0.360. The van der Waals surface area contributed by atoms with Gasteiger partial charge in [-0.25, -0.2) is 4.98 Å². The van der Waals surface area contributed by atoms with E-state index in [0.29, 0.717) is 12.5 Å². The Balaban J connectivity index is 2.06. The summed E-state index contributed by atoms with van der Waals surface area (Å²) in [6, 6.07) is 0. The lowest BCUT2D eigenvalue weighted by molar-refractivity contribution is 0.200. The molecule has 0 fully saturated rings. The number of aromatic nitrogens is 5. The van der Waals surface area contributed by atoms with Crippen molar-refractivity contribution < 1.29 is 4.74 Å². The number of rotatable bonds is 6. The summed E-state index contributed by atoms with van der Waals surface area (Å²) in [6.45, 7) is 4.85. The summed E-state index contributed by atoms with van der Waals surface area (Å²) in [5.41, 5.74) is 0. The highest BCUT2D eigenvalue weighted by molar-refractivity contribution is 8.00. The molecule has 0 N–H and O–H groups in total. The summed E-state index contributed by atoms with van der Waals surface area (Å²) in [5.74, 6) is 2.16. The van der Waals surface area contributed by atoms with Gasteiger partial charge in [0.2, 0.25) is 0 Å². The molecule has 0 aromatic carbocycles. The van der Waals surface area contributed by atoms with Gasteiger partial charge in [0.05, 0.1) is 6.61 Å². The molecule has 2 heterocycles. The Morgan fingerprint density at radius 3 is 2.79 bits per heavy atom. The number of methoxy groups -OCH3 is 1. The van der Waals surface area contributed by atoms with Gasteiger partial charge in [0.1, 0.15) is 11.6 Å². The van der Waals surface area contributed by atoms with Gasteiger partial charge in [-0.15, -0.1) is 10.2 Å². The molecule has 2 aromatic heterocycles. The van der Waals surface area contributed by atoms with Crippen molar-refractivity contribution in [3.63, 3.8) is 0 Å². The Hall–Kier alpha value is -0.990. The van der Waals surface area contributed by atoms with E-state index in [1.54, 1.807) is 7.11 Å². The fraction of sp³-hybridized carbons (Fsp3) is 0.636. The molecular formula is C11H17N5OS2. The van der Waals surface area contributed by atoms with Crippen LogP contribution < -0.4 is 0 Å². The Kier molecular flexibility index (Phi) is 4.89. The van der Waals surface area contributed by atoms with Crippen LogP contribution in [0.1, 0.15) is 31.4 Å². The molecule has 2 aromatic rings. The summed E-state index contributed by atoms with van der Waals surface area (Å²) in [7, 11) is 3.65. The molecule has 0 bridgehead atoms. The number of hydrogen-bond acceptors (Lipinski definition) is 7. The zero-order valence-electron chi connectivity index (χ0n) is 11.5. The molecule has 0 aliphatic carbocycles. The van der Waals surface area contributed by atoms with Crippen molar-refractivity contribution in [2.24, 2.45) is 7.05 Å². The second kappa shape index (κ2) is 6.44. The lowest BCUT2D eigenvalue weighted by Crippen LogP contribution is -2.00. The number of ether oxygens (including phenoxy) is 1. The van der Waals surface area contributed by atoms with Gasteiger partial charge in [-0.1, -0.05) is 13.8 Å². The molecule has 0 aliphatic heterocycles. The molecule has 0 saturated heterocycles. The fourth-order valence-electron chi connectivity index (χ4n) is 1.57. The molecule has 0 atom stereocenters. The minimum atomic E-state index is 0.360. The Morgan fingerprint density at radius 2 is 2.16 bits per heavy atom. The molecule has 6 nitrogen and oxygen atoms in total. The Labute approximate surface area is 120 Å². The minimum Gasteiger partial charge on any atom is -0.384 e. The first-order chi connectivity index (χ1) is 9.11. The third-order valence-corrected chi connectivity index (χ3v) is 4.37. The summed E-state index contributed by atoms with van der Waals surface area (Å²) in [4.78, 5) is 4.45. The molecule has 0 spiro atoms. The van der Waals surface area contributed by atoms with Crippen LogP contribution in [-0.2, 0) is 18.2 Å². The maximum absolute atomic E-state index is 5.01. The van der Waals surface area contributed by atoms with Gasteiger partial charge in [0, 0.05) is 26.5 Å². The number of hydrogen-bond donors (Lipinski definition) is 0. The first-order valence-corrected chi connectivity index (χ1v) is 7.59. The monoisotopic (exact) mass is 299 g/mol. The summed E-state index contributed by atoms with van der Waals surface area (Å²) in [5, 5.41) is 9.24. The molecule has 0 amide bonds. The second-order valence-corrected chi connectivity index (χ2v) is 6.34. The van der Waals surface area contributed by atoms with Crippen LogP contribution in [0.3, 0.4) is 0 Å². The van der Waals surface area contributed by atoms with Crippen LogP contribution in [0.5, 0.6) is 0 Å². The zero-order valence-corrected chi connectivity index (χ0v) is 13.1. The molecule has 0 radical (unpaired) electrons. The van der Waals surface area contributed by atoms with E-state index >= 15 is 0 Å². The normalized spacial score (nSPS) is 11.4. The maximum atomic E-state index is 5.01. The van der Waals surface area contributed by atoms with Gasteiger partial charge in [0.25, 0.3) is 0 Å². The Morgan fingerprint density at radius 1 is 1.37 bits per heavy atom. The van der Waals surface area contributed by atoms with Gasteiger partial charge >= 0.3 is 0 Å². The topological polar surface area (TPSA) is 65.7 Å². The van der Waals surface area contributed by atoms with E-state index in [0.717, 1.165) is 27.6 Å². The van der Waals surface area contributed by atoms with Gasteiger partial charge in [0.15, 0.2) is 9.50 Å². The number of nitrogens with zero attached hydrogens (tertiary/aromatic N) is 5. The standard InChI is InChI=1S/C11H17N5OS2/c1-7(2)9-13-14-10(16(9)3)18-11-12-8(15-19-11)5-6-17-4/h7H,5-6H2,1-4H3. The van der Waals surface area contributed by atoms with E-state index in [1.807, 2.05) is 11.6 Å². The van der Waals surface area contributed by atoms with Crippen molar-refractivity contribution in [2.45, 2.75) is 35.7 Å². The lowest BCUT2D eigenvalue weighted by Gasteiger charge is -2.04. The van der Waals surface area contributed by atoms with Crippen molar-refractivity contribution in [3.05, 3.63) is 11.6 Å². The van der Waals surface area contributed by atoms with Crippen LogP contribution in [0.15, 0.2) is 9.50 Å². The van der Waals surface area contributed by atoms with Crippen molar-refractivity contribution in [1.82, 2.24) is 24.1 Å². The SMILES string of the molecule is COCCc1nsc(Sc2nnc(C(C)C)n2C)n1. The van der Waals surface area contributed by atoms with E-state index < -0.39 is 0 Å². The highest BCUT2D eigenvalue weighted by Gasteiger charge is 2.14. The summed E-state index contributed by atoms with van der Waals surface area (Å²) in [6.07, 6.45) is 0.740. The first-order valence-electron chi connectivity index (χ1n) is 6.00. The molecule has 2 rings (SSSR count). The molecule has 0 saturated carbocycles. The molecule has 0 aliphatic rings. The lowest BCUT2D eigenvalue weighted by atomic mass is 10.2. The van der Waals surface area contributed by atoms with Crippen molar-refractivity contribution >= 4 is 23.3 Å². The molecule has 104 valence electrons. The molecule has 8 heteroatoms. The van der Waals surface area contributed by atoms with Crippen LogP contribution >= 0.6 is 23.3 Å². The highest BCUT2D eigenvalue weighted by atomic mass is 32.2. The van der Waals surface area contributed by atoms with E-state index in [4.69, 9.17) is 4.74 Å². The average molecular weight is 299 g/mol. The predicted octanol–water partition coefficient (Wildman–Crippen LogP) is 2.13. The smallest absolute Gasteiger partial charge is 0.198 e. The second-order valence-electron chi connectivity index (χ2n) is 4.38. The third-order valence-electron chi connectivity index (χ3n) is 2.54. The first kappa shape index (κ1) is 14.4. The Bertz CT molecular complexity index is 537. The van der Waals surface area contributed by atoms with Gasteiger partial charge in [-0.05, 0) is 23.3 Å². The van der Waals surface area contributed by atoms with E-state index in [-0.39, 0.29) is 0 Å². The van der Waals surface area contributed by atoms with E-state index in [9.17, 15) is 0 Å². The summed E-state index contributed by atoms with van der Waals surface area (Å²) >= 11 is 2.89. The third kappa shape index (κ3) is 3.52. The van der Waals surface area contributed by atoms with Gasteiger partial charge < -0.3 is 9.30 Å². The predicted molar refractivity (Wildman–Crippen MR) is 74.7 cm³/mol. The van der Waals surface area contributed by atoms with Crippen LogP contribution in [0, 0.1) is 0 Å². The highest BCUT2D eigenvalue weighted by Crippen LogP contribution is 2.28. The van der Waals surface area contributed by atoms with Gasteiger partial charge in [-0.3, -0.25) is 0 Å². The zero-order chi connectivity index (χ0) is 13.8. The van der Waals surface area contributed by atoms with Crippen LogP contribution in [-0.4, -0.2) is 37.8 Å². The van der Waals surface area contributed by atoms with Crippen LogP contribution in [0.4, 0.5) is 0 Å².